The Labute approximate surface area is 172 Å². The fourth-order valence-electron chi connectivity index (χ4n) is 3.06. The number of aromatic nitrogens is 4. The van der Waals surface area contributed by atoms with Crippen molar-refractivity contribution < 1.29 is 9.59 Å². The summed E-state index contributed by atoms with van der Waals surface area (Å²) in [7, 11) is 0. The van der Waals surface area contributed by atoms with E-state index >= 15 is 0 Å². The van der Waals surface area contributed by atoms with Crippen molar-refractivity contribution in [2.24, 2.45) is 5.92 Å². The van der Waals surface area contributed by atoms with Gasteiger partial charge in [-0.1, -0.05) is 32.0 Å². The van der Waals surface area contributed by atoms with Crippen LogP contribution in [0.1, 0.15) is 42.4 Å². The van der Waals surface area contributed by atoms with Crippen LogP contribution in [0.2, 0.25) is 0 Å². The molecule has 4 rings (SSSR count). The van der Waals surface area contributed by atoms with Crippen LogP contribution < -0.4 is 10.6 Å². The molecular weight excluding hydrogens is 388 g/mol. The van der Waals surface area contributed by atoms with Crippen LogP contribution in [-0.2, 0) is 4.79 Å². The van der Waals surface area contributed by atoms with E-state index in [1.54, 1.807) is 6.07 Å². The third kappa shape index (κ3) is 4.34. The number of nitrogens with one attached hydrogen (secondary N) is 2. The third-order valence-electron chi connectivity index (χ3n) is 4.75. The van der Waals surface area contributed by atoms with Crippen LogP contribution in [0.25, 0.3) is 11.4 Å². The van der Waals surface area contributed by atoms with Gasteiger partial charge in [-0.15, -0.1) is 16.4 Å². The number of benzene rings is 1. The minimum Gasteiger partial charge on any atom is -0.339 e. The average molecular weight is 411 g/mol. The molecule has 0 saturated heterocycles. The Kier molecular flexibility index (Phi) is 5.39. The molecule has 2 aromatic heterocycles. The van der Waals surface area contributed by atoms with Crippen molar-refractivity contribution in [2.75, 3.05) is 5.32 Å². The number of tetrazole rings is 1. The van der Waals surface area contributed by atoms with Crippen LogP contribution in [0.3, 0.4) is 0 Å². The van der Waals surface area contributed by atoms with Crippen molar-refractivity contribution in [3.63, 3.8) is 0 Å². The van der Waals surface area contributed by atoms with Crippen molar-refractivity contribution >= 4 is 28.8 Å². The summed E-state index contributed by atoms with van der Waals surface area (Å²) in [6.45, 7) is 3.80. The standard InChI is InChI=1S/C20H22N6O2S/c1-12(2)17(22-19(27)16-7-4-10-29-16)20(28)21-14-6-3-5-13(11-14)18-23-24-25-26(18)15-8-9-15/h3-7,10-12,15,17H,8-9H2,1-2H3,(H,21,28)(H,22,27). The van der Waals surface area contributed by atoms with Gasteiger partial charge in [0.1, 0.15) is 6.04 Å². The van der Waals surface area contributed by atoms with Crippen LogP contribution in [0.5, 0.6) is 0 Å². The van der Waals surface area contributed by atoms with Crippen LogP contribution in [0.4, 0.5) is 5.69 Å². The first-order valence-electron chi connectivity index (χ1n) is 9.56. The van der Waals surface area contributed by atoms with Crippen molar-refractivity contribution in [3.05, 3.63) is 46.7 Å². The smallest absolute Gasteiger partial charge is 0.262 e. The average Bonchev–Trinajstić information content (AvgIpc) is 3.20. The lowest BCUT2D eigenvalue weighted by atomic mass is 10.0. The van der Waals surface area contributed by atoms with Gasteiger partial charge in [-0.2, -0.15) is 0 Å². The number of amides is 2. The maximum absolute atomic E-state index is 12.9. The first kappa shape index (κ1) is 19.3. The molecule has 1 fully saturated rings. The molecule has 0 aliphatic heterocycles. The molecule has 1 saturated carbocycles. The highest BCUT2D eigenvalue weighted by Crippen LogP contribution is 2.36. The molecule has 2 amide bonds. The molecule has 1 aliphatic rings. The van der Waals surface area contributed by atoms with E-state index in [0.717, 1.165) is 18.4 Å². The molecule has 2 N–H and O–H groups in total. The lowest BCUT2D eigenvalue weighted by Gasteiger charge is -2.21. The van der Waals surface area contributed by atoms with Gasteiger partial charge in [-0.3, -0.25) is 9.59 Å². The number of hydrogen-bond donors (Lipinski definition) is 2. The Morgan fingerprint density at radius 3 is 2.72 bits per heavy atom. The normalized spacial score (nSPS) is 14.6. The molecule has 2 heterocycles. The summed E-state index contributed by atoms with van der Waals surface area (Å²) in [5.41, 5.74) is 1.47. The van der Waals surface area contributed by atoms with Gasteiger partial charge in [-0.05, 0) is 52.8 Å². The summed E-state index contributed by atoms with van der Waals surface area (Å²) in [5.74, 6) is 0.120. The number of nitrogens with zero attached hydrogens (tertiary/aromatic N) is 4. The van der Waals surface area contributed by atoms with Gasteiger partial charge >= 0.3 is 0 Å². The number of carbonyl (C=O) groups excluding carboxylic acids is 2. The molecule has 0 spiro atoms. The van der Waals surface area contributed by atoms with E-state index in [0.29, 0.717) is 22.4 Å². The van der Waals surface area contributed by atoms with Gasteiger partial charge in [0.2, 0.25) is 5.91 Å². The van der Waals surface area contributed by atoms with Crippen LogP contribution in [-0.4, -0.2) is 38.1 Å². The Balaban J connectivity index is 1.49. The van der Waals surface area contributed by atoms with Crippen molar-refractivity contribution in [2.45, 2.75) is 38.8 Å². The fraction of sp³-hybridized carbons (Fsp3) is 0.350. The monoisotopic (exact) mass is 410 g/mol. The van der Waals surface area contributed by atoms with Gasteiger partial charge in [0, 0.05) is 11.3 Å². The second-order valence-electron chi connectivity index (χ2n) is 7.42. The van der Waals surface area contributed by atoms with E-state index in [-0.39, 0.29) is 17.7 Å². The Morgan fingerprint density at radius 2 is 2.03 bits per heavy atom. The molecule has 29 heavy (non-hydrogen) atoms. The molecule has 1 atom stereocenters. The zero-order chi connectivity index (χ0) is 20.4. The first-order valence-corrected chi connectivity index (χ1v) is 10.4. The Bertz CT molecular complexity index is 1010. The van der Waals surface area contributed by atoms with Crippen molar-refractivity contribution in [1.82, 2.24) is 25.5 Å². The number of anilines is 1. The van der Waals surface area contributed by atoms with E-state index in [1.165, 1.54) is 11.3 Å². The Morgan fingerprint density at radius 1 is 1.21 bits per heavy atom. The highest BCUT2D eigenvalue weighted by molar-refractivity contribution is 7.12. The predicted molar refractivity (Wildman–Crippen MR) is 111 cm³/mol. The molecule has 1 aromatic carbocycles. The maximum atomic E-state index is 12.9. The topological polar surface area (TPSA) is 102 Å². The molecule has 1 aliphatic carbocycles. The quantitative estimate of drug-likeness (QED) is 0.623. The van der Waals surface area contributed by atoms with Crippen LogP contribution >= 0.6 is 11.3 Å². The lowest BCUT2D eigenvalue weighted by molar-refractivity contribution is -0.118. The zero-order valence-corrected chi connectivity index (χ0v) is 17.0. The molecule has 1 unspecified atom stereocenters. The minimum absolute atomic E-state index is 0.0655. The molecule has 150 valence electrons. The maximum Gasteiger partial charge on any atom is 0.262 e. The van der Waals surface area contributed by atoms with Gasteiger partial charge in [-0.25, -0.2) is 4.68 Å². The van der Waals surface area contributed by atoms with Crippen molar-refractivity contribution in [3.8, 4) is 11.4 Å². The summed E-state index contributed by atoms with van der Waals surface area (Å²) in [4.78, 5) is 25.8. The van der Waals surface area contributed by atoms with E-state index in [4.69, 9.17) is 0 Å². The molecule has 8 nitrogen and oxygen atoms in total. The Hall–Kier alpha value is -3.07. The molecule has 0 bridgehead atoms. The summed E-state index contributed by atoms with van der Waals surface area (Å²) in [6.07, 6.45) is 2.16. The van der Waals surface area contributed by atoms with Crippen molar-refractivity contribution in [1.29, 1.82) is 0 Å². The highest BCUT2D eigenvalue weighted by Gasteiger charge is 2.28. The summed E-state index contributed by atoms with van der Waals surface area (Å²) < 4.78 is 1.83. The molecule has 9 heteroatoms. The highest BCUT2D eigenvalue weighted by atomic mass is 32.1. The molecule has 0 radical (unpaired) electrons. The molecule has 3 aromatic rings. The largest absolute Gasteiger partial charge is 0.339 e. The summed E-state index contributed by atoms with van der Waals surface area (Å²) >= 11 is 1.34. The summed E-state index contributed by atoms with van der Waals surface area (Å²) in [6, 6.07) is 10.7. The number of rotatable bonds is 7. The van der Waals surface area contributed by atoms with Gasteiger partial charge < -0.3 is 10.6 Å². The fourth-order valence-corrected chi connectivity index (χ4v) is 3.69. The number of carbonyl (C=O) groups is 2. The van der Waals surface area contributed by atoms with E-state index in [2.05, 4.69) is 26.2 Å². The summed E-state index contributed by atoms with van der Waals surface area (Å²) in [5, 5.41) is 19.6. The number of thiophene rings is 1. The minimum atomic E-state index is -0.648. The van der Waals surface area contributed by atoms with E-state index in [9.17, 15) is 9.59 Å². The van der Waals surface area contributed by atoms with Gasteiger partial charge in [0.25, 0.3) is 5.91 Å². The van der Waals surface area contributed by atoms with Gasteiger partial charge in [0.05, 0.1) is 10.9 Å². The van der Waals surface area contributed by atoms with E-state index in [1.807, 2.05) is 54.2 Å². The van der Waals surface area contributed by atoms with Crippen LogP contribution in [0.15, 0.2) is 41.8 Å². The number of hydrogen-bond acceptors (Lipinski definition) is 6. The predicted octanol–water partition coefficient (Wildman–Crippen LogP) is 3.13. The lowest BCUT2D eigenvalue weighted by Crippen LogP contribution is -2.46. The van der Waals surface area contributed by atoms with Crippen LogP contribution in [0, 0.1) is 5.92 Å². The second-order valence-corrected chi connectivity index (χ2v) is 8.37. The SMILES string of the molecule is CC(C)C(NC(=O)c1cccs1)C(=O)Nc1cccc(-c2nnnn2C2CC2)c1. The third-order valence-corrected chi connectivity index (χ3v) is 5.62. The second kappa shape index (κ2) is 8.12. The molecular formula is C20H22N6O2S. The zero-order valence-electron chi connectivity index (χ0n) is 16.2. The van der Waals surface area contributed by atoms with Gasteiger partial charge in [0.15, 0.2) is 5.82 Å². The van der Waals surface area contributed by atoms with E-state index < -0.39 is 6.04 Å². The first-order chi connectivity index (χ1) is 14.0.